The van der Waals surface area contributed by atoms with Crippen molar-refractivity contribution < 1.29 is 23.8 Å². The number of esters is 1. The second kappa shape index (κ2) is 11.5. The zero-order chi connectivity index (χ0) is 16.9. The van der Waals surface area contributed by atoms with Gasteiger partial charge in [0.15, 0.2) is 0 Å². The van der Waals surface area contributed by atoms with Gasteiger partial charge in [0.1, 0.15) is 5.75 Å². The maximum absolute atomic E-state index is 12.2. The van der Waals surface area contributed by atoms with Crippen molar-refractivity contribution in [3.05, 3.63) is 30.3 Å². The second-order valence-corrected chi connectivity index (χ2v) is 4.84. The van der Waals surface area contributed by atoms with Crippen LogP contribution in [0, 0.1) is 0 Å². The summed E-state index contributed by atoms with van der Waals surface area (Å²) in [7, 11) is 1.58. The fraction of sp³-hybridized carbons (Fsp3) is 0.529. The fourth-order valence-electron chi connectivity index (χ4n) is 1.95. The smallest absolute Gasteiger partial charge is 0.307 e. The van der Waals surface area contributed by atoms with Crippen LogP contribution in [0.25, 0.3) is 0 Å². The minimum Gasteiger partial charge on any atom is -0.493 e. The lowest BCUT2D eigenvalue weighted by atomic mass is 10.3. The van der Waals surface area contributed by atoms with Gasteiger partial charge in [0.25, 0.3) is 0 Å². The number of hydrogen-bond acceptors (Lipinski definition) is 5. The highest BCUT2D eigenvalue weighted by atomic mass is 16.5. The predicted molar refractivity (Wildman–Crippen MR) is 86.3 cm³/mol. The third-order valence-electron chi connectivity index (χ3n) is 3.14. The van der Waals surface area contributed by atoms with E-state index in [0.29, 0.717) is 32.9 Å². The first-order valence-electron chi connectivity index (χ1n) is 7.77. The van der Waals surface area contributed by atoms with Crippen LogP contribution in [0.1, 0.15) is 19.8 Å². The van der Waals surface area contributed by atoms with E-state index < -0.39 is 0 Å². The topological polar surface area (TPSA) is 65.1 Å². The standard InChI is InChI=1S/C17H25NO5/c1-3-22-17(20)9-11-18(12-14-21-2)16(19)10-13-23-15-7-5-4-6-8-15/h4-8H,3,9-14H2,1-2H3. The Bertz CT molecular complexity index is 463. The number of nitrogens with zero attached hydrogens (tertiary/aromatic N) is 1. The molecule has 1 aromatic rings. The van der Waals surface area contributed by atoms with Crippen LogP contribution < -0.4 is 4.74 Å². The molecule has 0 atom stereocenters. The third-order valence-corrected chi connectivity index (χ3v) is 3.14. The second-order valence-electron chi connectivity index (χ2n) is 4.84. The van der Waals surface area contributed by atoms with Crippen molar-refractivity contribution in [2.45, 2.75) is 19.8 Å². The van der Waals surface area contributed by atoms with Crippen molar-refractivity contribution in [3.63, 3.8) is 0 Å². The molecule has 0 aromatic heterocycles. The summed E-state index contributed by atoms with van der Waals surface area (Å²) in [6.45, 7) is 3.59. The van der Waals surface area contributed by atoms with Gasteiger partial charge in [0.2, 0.25) is 5.91 Å². The first-order valence-corrected chi connectivity index (χ1v) is 7.77. The Hall–Kier alpha value is -2.08. The summed E-state index contributed by atoms with van der Waals surface area (Å²) in [5, 5.41) is 0. The molecule has 0 saturated heterocycles. The summed E-state index contributed by atoms with van der Waals surface area (Å²) >= 11 is 0. The molecule has 0 aliphatic carbocycles. The van der Waals surface area contributed by atoms with Crippen LogP contribution in [-0.2, 0) is 19.1 Å². The van der Waals surface area contributed by atoms with Gasteiger partial charge in [-0.05, 0) is 19.1 Å². The Morgan fingerprint density at radius 2 is 1.78 bits per heavy atom. The van der Waals surface area contributed by atoms with Crippen LogP contribution in [-0.4, -0.2) is 56.8 Å². The Morgan fingerprint density at radius 3 is 2.43 bits per heavy atom. The molecule has 6 heteroatoms. The molecular formula is C17H25NO5. The largest absolute Gasteiger partial charge is 0.493 e. The molecule has 0 unspecified atom stereocenters. The molecule has 0 saturated carbocycles. The van der Waals surface area contributed by atoms with Crippen LogP contribution >= 0.6 is 0 Å². The van der Waals surface area contributed by atoms with E-state index in [4.69, 9.17) is 14.2 Å². The molecule has 0 N–H and O–H groups in total. The molecule has 6 nitrogen and oxygen atoms in total. The molecule has 0 spiro atoms. The van der Waals surface area contributed by atoms with E-state index in [-0.39, 0.29) is 24.7 Å². The van der Waals surface area contributed by atoms with E-state index in [2.05, 4.69) is 0 Å². The number of hydrogen-bond donors (Lipinski definition) is 0. The molecule has 0 bridgehead atoms. The van der Waals surface area contributed by atoms with Gasteiger partial charge in [-0.2, -0.15) is 0 Å². The lowest BCUT2D eigenvalue weighted by molar-refractivity contribution is -0.144. The Labute approximate surface area is 137 Å². The molecule has 23 heavy (non-hydrogen) atoms. The van der Waals surface area contributed by atoms with E-state index in [9.17, 15) is 9.59 Å². The molecular weight excluding hydrogens is 298 g/mol. The van der Waals surface area contributed by atoms with Crippen LogP contribution in [0.5, 0.6) is 5.75 Å². The average molecular weight is 323 g/mol. The van der Waals surface area contributed by atoms with Gasteiger partial charge < -0.3 is 19.1 Å². The van der Waals surface area contributed by atoms with Crippen LogP contribution in [0.15, 0.2) is 30.3 Å². The van der Waals surface area contributed by atoms with E-state index in [1.165, 1.54) is 0 Å². The monoisotopic (exact) mass is 323 g/mol. The van der Waals surface area contributed by atoms with Gasteiger partial charge >= 0.3 is 5.97 Å². The number of ether oxygens (including phenoxy) is 3. The molecule has 0 radical (unpaired) electrons. The van der Waals surface area contributed by atoms with Gasteiger partial charge in [0, 0.05) is 20.2 Å². The average Bonchev–Trinajstić information content (AvgIpc) is 2.56. The molecule has 1 aromatic carbocycles. The fourth-order valence-corrected chi connectivity index (χ4v) is 1.95. The Kier molecular flexibility index (Phi) is 9.47. The minimum absolute atomic E-state index is 0.0673. The lowest BCUT2D eigenvalue weighted by Crippen LogP contribution is -2.36. The molecule has 1 rings (SSSR count). The van der Waals surface area contributed by atoms with Crippen molar-refractivity contribution in [2.24, 2.45) is 0 Å². The highest BCUT2D eigenvalue weighted by Crippen LogP contribution is 2.09. The number of amides is 1. The minimum atomic E-state index is -0.303. The first kappa shape index (κ1) is 19.0. The maximum Gasteiger partial charge on any atom is 0.307 e. The van der Waals surface area contributed by atoms with Crippen LogP contribution in [0.3, 0.4) is 0 Å². The molecule has 1 amide bonds. The summed E-state index contributed by atoms with van der Waals surface area (Å²) in [6, 6.07) is 9.34. The zero-order valence-corrected chi connectivity index (χ0v) is 13.8. The highest BCUT2D eigenvalue weighted by Gasteiger charge is 2.15. The number of carbonyl (C=O) groups excluding carboxylic acids is 2. The molecule has 128 valence electrons. The number of para-hydroxylation sites is 1. The zero-order valence-electron chi connectivity index (χ0n) is 13.8. The van der Waals surface area contributed by atoms with E-state index in [1.54, 1.807) is 18.9 Å². The first-order chi connectivity index (χ1) is 11.2. The van der Waals surface area contributed by atoms with Crippen molar-refractivity contribution in [3.8, 4) is 5.75 Å². The van der Waals surface area contributed by atoms with Gasteiger partial charge in [0.05, 0.1) is 32.7 Å². The van der Waals surface area contributed by atoms with Crippen LogP contribution in [0.2, 0.25) is 0 Å². The number of carbonyl (C=O) groups is 2. The van der Waals surface area contributed by atoms with E-state index in [0.717, 1.165) is 5.75 Å². The quantitative estimate of drug-likeness (QED) is 0.582. The van der Waals surface area contributed by atoms with Gasteiger partial charge in [-0.25, -0.2) is 0 Å². The van der Waals surface area contributed by atoms with Crippen molar-refractivity contribution in [2.75, 3.05) is 40.0 Å². The summed E-state index contributed by atoms with van der Waals surface area (Å²) in [5.41, 5.74) is 0. The lowest BCUT2D eigenvalue weighted by Gasteiger charge is -2.22. The predicted octanol–water partition coefficient (Wildman–Crippen LogP) is 1.88. The highest BCUT2D eigenvalue weighted by molar-refractivity contribution is 5.77. The van der Waals surface area contributed by atoms with Crippen molar-refractivity contribution in [1.82, 2.24) is 4.90 Å². The van der Waals surface area contributed by atoms with Gasteiger partial charge in [-0.1, -0.05) is 18.2 Å². The molecule has 0 aliphatic rings. The summed E-state index contributed by atoms with van der Waals surface area (Å²) in [6.07, 6.45) is 0.435. The van der Waals surface area contributed by atoms with E-state index in [1.807, 2.05) is 30.3 Å². The Morgan fingerprint density at radius 1 is 1.04 bits per heavy atom. The number of benzene rings is 1. The van der Waals surface area contributed by atoms with Gasteiger partial charge in [-0.15, -0.1) is 0 Å². The SMILES string of the molecule is CCOC(=O)CCN(CCOC)C(=O)CCOc1ccccc1. The third kappa shape index (κ3) is 8.21. The number of rotatable bonds is 11. The number of methoxy groups -OCH3 is 1. The van der Waals surface area contributed by atoms with Crippen molar-refractivity contribution >= 4 is 11.9 Å². The van der Waals surface area contributed by atoms with E-state index >= 15 is 0 Å². The normalized spacial score (nSPS) is 10.2. The Balaban J connectivity index is 2.39. The summed E-state index contributed by atoms with van der Waals surface area (Å²) < 4.78 is 15.4. The maximum atomic E-state index is 12.2. The summed E-state index contributed by atoms with van der Waals surface area (Å²) in [5.74, 6) is 0.362. The molecule has 0 fully saturated rings. The molecule has 0 heterocycles. The van der Waals surface area contributed by atoms with Crippen molar-refractivity contribution in [1.29, 1.82) is 0 Å². The van der Waals surface area contributed by atoms with Gasteiger partial charge in [-0.3, -0.25) is 9.59 Å². The molecule has 0 aliphatic heterocycles. The summed E-state index contributed by atoms with van der Waals surface area (Å²) in [4.78, 5) is 25.3. The van der Waals surface area contributed by atoms with Crippen LogP contribution in [0.4, 0.5) is 0 Å².